The molecule has 1 saturated heterocycles. The summed E-state index contributed by atoms with van der Waals surface area (Å²) in [5.41, 5.74) is -0.0560. The highest BCUT2D eigenvalue weighted by Crippen LogP contribution is 2.29. The van der Waals surface area contributed by atoms with E-state index in [9.17, 15) is 10.2 Å². The van der Waals surface area contributed by atoms with Crippen molar-refractivity contribution in [3.63, 3.8) is 0 Å². The number of hydrogen-bond acceptors (Lipinski definition) is 3. The third-order valence-electron chi connectivity index (χ3n) is 2.18. The second kappa shape index (κ2) is 3.32. The molecule has 0 radical (unpaired) electrons. The van der Waals surface area contributed by atoms with Crippen LogP contribution in [0.25, 0.3) is 0 Å². The van der Waals surface area contributed by atoms with Gasteiger partial charge in [0.25, 0.3) is 0 Å². The summed E-state index contributed by atoms with van der Waals surface area (Å²) in [5, 5.41) is 18.8. The summed E-state index contributed by atoms with van der Waals surface area (Å²) >= 11 is 0. The monoisotopic (exact) mass is 174 g/mol. The molecule has 1 aliphatic heterocycles. The number of aliphatic hydroxyl groups excluding tert-OH is 2. The van der Waals surface area contributed by atoms with Crippen LogP contribution in [0, 0.1) is 5.41 Å². The van der Waals surface area contributed by atoms with Crippen LogP contribution in [0.2, 0.25) is 0 Å². The quantitative estimate of drug-likeness (QED) is 0.563. The summed E-state index contributed by atoms with van der Waals surface area (Å²) in [7, 11) is 0. The Balaban J connectivity index is 2.57. The van der Waals surface area contributed by atoms with Crippen molar-refractivity contribution in [2.75, 3.05) is 6.61 Å². The molecule has 3 atom stereocenters. The third kappa shape index (κ3) is 2.19. The van der Waals surface area contributed by atoms with Gasteiger partial charge >= 0.3 is 0 Å². The van der Waals surface area contributed by atoms with Crippen molar-refractivity contribution in [1.82, 2.24) is 0 Å². The predicted molar refractivity (Wildman–Crippen MR) is 45.8 cm³/mol. The minimum Gasteiger partial charge on any atom is -0.391 e. The second-order valence-electron chi connectivity index (χ2n) is 4.58. The molecule has 0 aromatic rings. The Morgan fingerprint density at radius 1 is 1.25 bits per heavy atom. The highest BCUT2D eigenvalue weighted by molar-refractivity contribution is 4.86. The highest BCUT2D eigenvalue weighted by Gasteiger charge is 2.36. The molecule has 1 unspecified atom stereocenters. The summed E-state index contributed by atoms with van der Waals surface area (Å²) in [6.45, 7) is 6.43. The Kier molecular flexibility index (Phi) is 2.76. The van der Waals surface area contributed by atoms with Gasteiger partial charge in [-0.15, -0.1) is 0 Å². The first kappa shape index (κ1) is 9.96. The van der Waals surface area contributed by atoms with Gasteiger partial charge in [-0.25, -0.2) is 0 Å². The molecular formula is C9H18O3. The molecule has 0 amide bonds. The number of hydrogen-bond donors (Lipinski definition) is 2. The zero-order chi connectivity index (χ0) is 9.35. The van der Waals surface area contributed by atoms with Crippen LogP contribution in [0.4, 0.5) is 0 Å². The Hall–Kier alpha value is -0.120. The molecule has 72 valence electrons. The zero-order valence-electron chi connectivity index (χ0n) is 7.95. The number of ether oxygens (including phenoxy) is 1. The van der Waals surface area contributed by atoms with Gasteiger partial charge < -0.3 is 14.9 Å². The molecule has 3 nitrogen and oxygen atoms in total. The smallest absolute Gasteiger partial charge is 0.0884 e. The van der Waals surface area contributed by atoms with Crippen LogP contribution in [0.5, 0.6) is 0 Å². The summed E-state index contributed by atoms with van der Waals surface area (Å²) in [6.07, 6.45) is -0.754. The predicted octanol–water partition coefficient (Wildman–Crippen LogP) is 0.543. The first-order valence-corrected chi connectivity index (χ1v) is 4.39. The fourth-order valence-corrected chi connectivity index (χ4v) is 1.62. The van der Waals surface area contributed by atoms with Gasteiger partial charge in [0.2, 0.25) is 0 Å². The van der Waals surface area contributed by atoms with E-state index in [0.29, 0.717) is 13.0 Å². The van der Waals surface area contributed by atoms with Crippen LogP contribution >= 0.6 is 0 Å². The molecule has 3 heteroatoms. The van der Waals surface area contributed by atoms with E-state index in [-0.39, 0.29) is 11.5 Å². The zero-order valence-corrected chi connectivity index (χ0v) is 7.95. The van der Waals surface area contributed by atoms with E-state index in [4.69, 9.17) is 4.74 Å². The SMILES string of the molecule is CC(C)(C)C1OC[C@@H](O)C[C@H]1O. The maximum Gasteiger partial charge on any atom is 0.0884 e. The lowest BCUT2D eigenvalue weighted by Gasteiger charge is -2.39. The van der Waals surface area contributed by atoms with Gasteiger partial charge in [0.15, 0.2) is 0 Å². The van der Waals surface area contributed by atoms with Crippen LogP contribution in [0.1, 0.15) is 27.2 Å². The molecule has 1 aliphatic rings. The van der Waals surface area contributed by atoms with Crippen LogP contribution in [-0.4, -0.2) is 35.1 Å². The topological polar surface area (TPSA) is 49.7 Å². The molecule has 0 saturated carbocycles. The van der Waals surface area contributed by atoms with Crippen molar-refractivity contribution in [3.05, 3.63) is 0 Å². The van der Waals surface area contributed by atoms with Crippen molar-refractivity contribution in [3.8, 4) is 0 Å². The summed E-state index contributed by atoms with van der Waals surface area (Å²) in [5.74, 6) is 0. The van der Waals surface area contributed by atoms with E-state index in [0.717, 1.165) is 0 Å². The largest absolute Gasteiger partial charge is 0.391 e. The first-order chi connectivity index (χ1) is 5.41. The van der Waals surface area contributed by atoms with E-state index < -0.39 is 12.2 Å². The average molecular weight is 174 g/mol. The summed E-state index contributed by atoms with van der Waals surface area (Å²) in [4.78, 5) is 0. The Morgan fingerprint density at radius 3 is 2.25 bits per heavy atom. The Morgan fingerprint density at radius 2 is 1.83 bits per heavy atom. The normalized spacial score (nSPS) is 38.2. The molecule has 1 heterocycles. The third-order valence-corrected chi connectivity index (χ3v) is 2.18. The van der Waals surface area contributed by atoms with Crippen molar-refractivity contribution in [1.29, 1.82) is 0 Å². The number of rotatable bonds is 0. The lowest BCUT2D eigenvalue weighted by Crippen LogP contribution is -2.47. The lowest BCUT2D eigenvalue weighted by atomic mass is 9.83. The molecule has 1 fully saturated rings. The second-order valence-corrected chi connectivity index (χ2v) is 4.58. The summed E-state index contributed by atoms with van der Waals surface area (Å²) < 4.78 is 5.37. The van der Waals surface area contributed by atoms with E-state index in [1.165, 1.54) is 0 Å². The number of aliphatic hydroxyl groups is 2. The van der Waals surface area contributed by atoms with E-state index in [2.05, 4.69) is 0 Å². The van der Waals surface area contributed by atoms with Crippen LogP contribution < -0.4 is 0 Å². The molecule has 0 aliphatic carbocycles. The molecular weight excluding hydrogens is 156 g/mol. The Labute approximate surface area is 73.4 Å². The maximum atomic E-state index is 9.59. The van der Waals surface area contributed by atoms with Crippen molar-refractivity contribution < 1.29 is 14.9 Å². The molecule has 0 spiro atoms. The molecule has 0 bridgehead atoms. The van der Waals surface area contributed by atoms with Gasteiger partial charge in [-0.3, -0.25) is 0 Å². The van der Waals surface area contributed by atoms with E-state index in [1.54, 1.807) is 0 Å². The lowest BCUT2D eigenvalue weighted by molar-refractivity contribution is -0.158. The average Bonchev–Trinajstić information content (AvgIpc) is 1.83. The van der Waals surface area contributed by atoms with Crippen molar-refractivity contribution >= 4 is 0 Å². The molecule has 1 rings (SSSR count). The maximum absolute atomic E-state index is 9.59. The fraction of sp³-hybridized carbons (Fsp3) is 1.00. The minimum absolute atomic E-state index is 0.0560. The molecule has 0 aromatic carbocycles. The van der Waals surface area contributed by atoms with Crippen molar-refractivity contribution in [2.24, 2.45) is 5.41 Å². The van der Waals surface area contributed by atoms with Crippen molar-refractivity contribution in [2.45, 2.75) is 45.5 Å². The van der Waals surface area contributed by atoms with E-state index in [1.807, 2.05) is 20.8 Å². The highest BCUT2D eigenvalue weighted by atomic mass is 16.5. The fourth-order valence-electron chi connectivity index (χ4n) is 1.62. The standard InChI is InChI=1S/C9H18O3/c1-9(2,3)8-7(11)4-6(10)5-12-8/h6-8,10-11H,4-5H2,1-3H3/t6-,7+,8?/m0/s1. The Bertz CT molecular complexity index is 150. The van der Waals surface area contributed by atoms with Crippen LogP contribution in [-0.2, 0) is 4.74 Å². The van der Waals surface area contributed by atoms with Gasteiger partial charge in [-0.05, 0) is 5.41 Å². The van der Waals surface area contributed by atoms with Gasteiger partial charge in [-0.2, -0.15) is 0 Å². The minimum atomic E-state index is -0.534. The molecule has 0 aromatic heterocycles. The van der Waals surface area contributed by atoms with E-state index >= 15 is 0 Å². The van der Waals surface area contributed by atoms with Crippen LogP contribution in [0.15, 0.2) is 0 Å². The van der Waals surface area contributed by atoms with Gasteiger partial charge in [0, 0.05) is 6.42 Å². The summed E-state index contributed by atoms with van der Waals surface area (Å²) in [6, 6.07) is 0. The first-order valence-electron chi connectivity index (χ1n) is 4.39. The van der Waals surface area contributed by atoms with Gasteiger partial charge in [0.05, 0.1) is 24.9 Å². The van der Waals surface area contributed by atoms with Crippen LogP contribution in [0.3, 0.4) is 0 Å². The van der Waals surface area contributed by atoms with Gasteiger partial charge in [-0.1, -0.05) is 20.8 Å². The van der Waals surface area contributed by atoms with Gasteiger partial charge in [0.1, 0.15) is 0 Å². The molecule has 2 N–H and O–H groups in total. The molecule has 12 heavy (non-hydrogen) atoms.